The Bertz CT molecular complexity index is 592. The van der Waals surface area contributed by atoms with E-state index in [1.807, 2.05) is 20.8 Å². The van der Waals surface area contributed by atoms with Crippen molar-refractivity contribution >= 4 is 11.9 Å². The summed E-state index contributed by atoms with van der Waals surface area (Å²) in [7, 11) is 0. The van der Waals surface area contributed by atoms with E-state index in [2.05, 4.69) is 9.98 Å². The van der Waals surface area contributed by atoms with Gasteiger partial charge < -0.3 is 5.11 Å². The van der Waals surface area contributed by atoms with E-state index in [0.29, 0.717) is 17.6 Å². The summed E-state index contributed by atoms with van der Waals surface area (Å²) in [6, 6.07) is -0.432. The molecule has 0 radical (unpaired) electrons. The fourth-order valence-corrected chi connectivity index (χ4v) is 2.48. The van der Waals surface area contributed by atoms with Gasteiger partial charge in [-0.2, -0.15) is 13.2 Å². The topological polar surface area (TPSA) is 45.0 Å². The molecule has 0 amide bonds. The lowest BCUT2D eigenvalue weighted by Gasteiger charge is -2.25. The van der Waals surface area contributed by atoms with Crippen molar-refractivity contribution in [1.29, 1.82) is 0 Å². The van der Waals surface area contributed by atoms with Crippen LogP contribution in [0.4, 0.5) is 13.2 Å². The highest BCUT2D eigenvalue weighted by Crippen LogP contribution is 2.29. The van der Waals surface area contributed by atoms with Crippen LogP contribution < -0.4 is 0 Å². The van der Waals surface area contributed by atoms with Crippen molar-refractivity contribution in [3.8, 4) is 0 Å². The van der Waals surface area contributed by atoms with E-state index < -0.39 is 23.5 Å². The normalized spacial score (nSPS) is 17.0. The van der Waals surface area contributed by atoms with Crippen molar-refractivity contribution in [1.82, 2.24) is 0 Å². The van der Waals surface area contributed by atoms with Gasteiger partial charge in [-0.3, -0.25) is 9.98 Å². The molecular formula is C21H35F3N2O. The van der Waals surface area contributed by atoms with Crippen molar-refractivity contribution in [2.75, 3.05) is 6.54 Å². The monoisotopic (exact) mass is 388 g/mol. The van der Waals surface area contributed by atoms with Crippen LogP contribution in [0.3, 0.4) is 0 Å². The summed E-state index contributed by atoms with van der Waals surface area (Å²) in [5.74, 6) is 0. The molecule has 156 valence electrons. The van der Waals surface area contributed by atoms with E-state index in [1.165, 1.54) is 6.21 Å². The number of hydrogen-bond donors (Lipinski definition) is 1. The summed E-state index contributed by atoms with van der Waals surface area (Å²) in [6.07, 6.45) is 1.19. The Labute approximate surface area is 162 Å². The lowest BCUT2D eigenvalue weighted by molar-refractivity contribution is -0.0581. The summed E-state index contributed by atoms with van der Waals surface area (Å²) < 4.78 is 40.4. The number of nitrogens with zero attached hydrogens (tertiary/aromatic N) is 2. The molecule has 0 fully saturated rings. The molecule has 0 rings (SSSR count). The largest absolute Gasteiger partial charge is 0.432 e. The molecule has 27 heavy (non-hydrogen) atoms. The third-order valence-electron chi connectivity index (χ3n) is 4.28. The summed E-state index contributed by atoms with van der Waals surface area (Å²) >= 11 is 0. The maximum absolute atomic E-state index is 13.5. The van der Waals surface area contributed by atoms with Crippen LogP contribution in [-0.4, -0.2) is 41.4 Å². The van der Waals surface area contributed by atoms with Crippen LogP contribution >= 0.6 is 0 Å². The minimum absolute atomic E-state index is 0.0589. The van der Waals surface area contributed by atoms with E-state index in [-0.39, 0.29) is 12.0 Å². The Kier molecular flexibility index (Phi) is 9.67. The molecule has 1 N–H and O–H groups in total. The van der Waals surface area contributed by atoms with Crippen LogP contribution in [0.5, 0.6) is 0 Å². The molecule has 0 spiro atoms. The Morgan fingerprint density at radius 1 is 1.15 bits per heavy atom. The van der Waals surface area contributed by atoms with E-state index in [1.54, 1.807) is 40.7 Å². The molecule has 0 aliphatic heterocycles. The Balaban J connectivity index is 5.62. The van der Waals surface area contributed by atoms with Crippen molar-refractivity contribution in [2.24, 2.45) is 15.4 Å². The number of aliphatic hydroxyl groups is 1. The SMILES string of the molecule is C/C=C(C=NCC(C)(C)O)/C(C)=C/C(=NC(C)CC(C)(C)CC)C(F)(F)F. The fourth-order valence-electron chi connectivity index (χ4n) is 2.48. The van der Waals surface area contributed by atoms with Gasteiger partial charge in [-0.1, -0.05) is 33.3 Å². The van der Waals surface area contributed by atoms with E-state index in [9.17, 15) is 18.3 Å². The number of alkyl halides is 3. The first-order valence-electron chi connectivity index (χ1n) is 9.33. The summed E-state index contributed by atoms with van der Waals surface area (Å²) in [6.45, 7) is 14.6. The molecule has 0 saturated heterocycles. The first-order chi connectivity index (χ1) is 12.1. The Morgan fingerprint density at radius 3 is 2.11 bits per heavy atom. The molecule has 0 aliphatic carbocycles. The number of hydrogen-bond acceptors (Lipinski definition) is 3. The zero-order chi connectivity index (χ0) is 21.5. The van der Waals surface area contributed by atoms with Crippen LogP contribution in [0.15, 0.2) is 33.3 Å². The van der Waals surface area contributed by atoms with Gasteiger partial charge in [0.25, 0.3) is 0 Å². The molecule has 0 aromatic rings. The second kappa shape index (κ2) is 10.2. The maximum atomic E-state index is 13.5. The van der Waals surface area contributed by atoms with E-state index >= 15 is 0 Å². The molecule has 0 aliphatic rings. The molecule has 1 unspecified atom stereocenters. The van der Waals surface area contributed by atoms with Crippen molar-refractivity contribution in [3.63, 3.8) is 0 Å². The highest BCUT2D eigenvalue weighted by atomic mass is 19.4. The summed E-state index contributed by atoms with van der Waals surface area (Å²) in [5, 5.41) is 9.69. The maximum Gasteiger partial charge on any atom is 0.432 e. The van der Waals surface area contributed by atoms with Crippen LogP contribution in [0.2, 0.25) is 0 Å². The smallest absolute Gasteiger partial charge is 0.389 e. The van der Waals surface area contributed by atoms with Gasteiger partial charge in [-0.25, -0.2) is 0 Å². The number of halogens is 3. The Morgan fingerprint density at radius 2 is 1.70 bits per heavy atom. The van der Waals surface area contributed by atoms with Gasteiger partial charge in [0, 0.05) is 12.3 Å². The van der Waals surface area contributed by atoms with Gasteiger partial charge in [-0.05, 0) is 63.7 Å². The fraction of sp³-hybridized carbons (Fsp3) is 0.714. The lowest BCUT2D eigenvalue weighted by atomic mass is 9.84. The van der Waals surface area contributed by atoms with Gasteiger partial charge in [0.1, 0.15) is 5.71 Å². The molecule has 3 nitrogen and oxygen atoms in total. The van der Waals surface area contributed by atoms with Gasteiger partial charge >= 0.3 is 6.18 Å². The third-order valence-corrected chi connectivity index (χ3v) is 4.28. The molecular weight excluding hydrogens is 353 g/mol. The highest BCUT2D eigenvalue weighted by molar-refractivity contribution is 6.02. The molecule has 0 aromatic carbocycles. The highest BCUT2D eigenvalue weighted by Gasteiger charge is 2.35. The summed E-state index contributed by atoms with van der Waals surface area (Å²) in [5.41, 5.74) is -0.911. The van der Waals surface area contributed by atoms with Gasteiger partial charge in [-0.15, -0.1) is 0 Å². The van der Waals surface area contributed by atoms with Gasteiger partial charge in [0.05, 0.1) is 12.1 Å². The zero-order valence-corrected chi connectivity index (χ0v) is 17.9. The minimum atomic E-state index is -4.52. The van der Waals surface area contributed by atoms with Crippen LogP contribution in [0, 0.1) is 5.41 Å². The zero-order valence-electron chi connectivity index (χ0n) is 17.9. The van der Waals surface area contributed by atoms with Gasteiger partial charge in [0.15, 0.2) is 0 Å². The molecule has 1 atom stereocenters. The van der Waals surface area contributed by atoms with Crippen LogP contribution in [0.25, 0.3) is 0 Å². The molecule has 0 aromatic heterocycles. The van der Waals surface area contributed by atoms with E-state index in [0.717, 1.165) is 12.5 Å². The molecule has 0 bridgehead atoms. The first-order valence-corrected chi connectivity index (χ1v) is 9.33. The minimum Gasteiger partial charge on any atom is -0.389 e. The average molecular weight is 389 g/mol. The lowest BCUT2D eigenvalue weighted by Crippen LogP contribution is -2.25. The van der Waals surface area contributed by atoms with Crippen molar-refractivity contribution in [3.05, 3.63) is 23.3 Å². The summed E-state index contributed by atoms with van der Waals surface area (Å²) in [4.78, 5) is 8.08. The molecule has 0 heterocycles. The second-order valence-corrected chi connectivity index (χ2v) is 8.44. The predicted octanol–water partition coefficient (Wildman–Crippen LogP) is 5.94. The molecule has 6 heteroatoms. The number of allylic oxidation sites excluding steroid dienone is 4. The van der Waals surface area contributed by atoms with Crippen LogP contribution in [-0.2, 0) is 0 Å². The van der Waals surface area contributed by atoms with Crippen molar-refractivity contribution in [2.45, 2.75) is 86.1 Å². The molecule has 0 saturated carbocycles. The van der Waals surface area contributed by atoms with Crippen molar-refractivity contribution < 1.29 is 18.3 Å². The number of aliphatic imine (C=N–C) groups is 2. The predicted molar refractivity (Wildman–Crippen MR) is 109 cm³/mol. The second-order valence-electron chi connectivity index (χ2n) is 8.44. The first kappa shape index (κ1) is 25.6. The van der Waals surface area contributed by atoms with Crippen LogP contribution in [0.1, 0.15) is 68.2 Å². The van der Waals surface area contributed by atoms with Gasteiger partial charge in [0.2, 0.25) is 0 Å². The Hall–Kier alpha value is -1.43. The number of rotatable bonds is 9. The standard InChI is InChI=1S/C21H35F3N2O/c1-9-17(13-25-14-20(7,8)27)15(3)11-18(21(22,23)24)26-16(4)12-19(5,6)10-2/h9,11,13,16,27H,10,12,14H2,1-8H3/b15-11+,17-9+,25-13?,26-18?. The van der Waals surface area contributed by atoms with E-state index in [4.69, 9.17) is 0 Å². The quantitative estimate of drug-likeness (QED) is 0.386. The third kappa shape index (κ3) is 11.1. The average Bonchev–Trinajstić information content (AvgIpc) is 2.48.